The third-order valence-corrected chi connectivity index (χ3v) is 3.91. The van der Waals surface area contributed by atoms with Gasteiger partial charge in [-0.25, -0.2) is 18.2 Å². The molecular formula is C14H7BrClF3N2. The molecule has 7 heteroatoms. The van der Waals surface area contributed by atoms with Gasteiger partial charge in [-0.2, -0.15) is 0 Å². The number of halogens is 5. The van der Waals surface area contributed by atoms with E-state index in [-0.39, 0.29) is 28.4 Å². The molecule has 21 heavy (non-hydrogen) atoms. The number of rotatable bonds is 2. The van der Waals surface area contributed by atoms with Crippen molar-refractivity contribution < 1.29 is 13.2 Å². The van der Waals surface area contributed by atoms with Crippen LogP contribution in [0, 0.1) is 17.5 Å². The number of imidazole rings is 1. The molecule has 0 aliphatic rings. The third-order valence-electron chi connectivity index (χ3n) is 3.03. The second-order valence-electron chi connectivity index (χ2n) is 4.32. The van der Waals surface area contributed by atoms with E-state index in [9.17, 15) is 13.2 Å². The molecule has 0 saturated heterocycles. The van der Waals surface area contributed by atoms with Crippen molar-refractivity contribution in [1.29, 1.82) is 0 Å². The highest BCUT2D eigenvalue weighted by Gasteiger charge is 2.20. The molecule has 108 valence electrons. The summed E-state index contributed by atoms with van der Waals surface area (Å²) in [6, 6.07) is 6.22. The summed E-state index contributed by atoms with van der Waals surface area (Å²) in [6.07, 6.45) is 0. The first kappa shape index (κ1) is 14.4. The Morgan fingerprint density at radius 2 is 1.90 bits per heavy atom. The molecule has 0 spiro atoms. The second kappa shape index (κ2) is 5.35. The van der Waals surface area contributed by atoms with Crippen LogP contribution < -0.4 is 0 Å². The van der Waals surface area contributed by atoms with E-state index in [0.29, 0.717) is 4.47 Å². The van der Waals surface area contributed by atoms with E-state index >= 15 is 0 Å². The Morgan fingerprint density at radius 1 is 1.14 bits per heavy atom. The van der Waals surface area contributed by atoms with Crippen LogP contribution in [0.2, 0.25) is 0 Å². The van der Waals surface area contributed by atoms with Crippen LogP contribution in [0.25, 0.3) is 16.7 Å². The standard InChI is InChI=1S/C14H7BrClF3N2/c15-8-2-1-3-9(18)14(8)21-11-5-7(17)4-10(19)13(11)20-12(21)6-16/h1-5H,6H2. The molecule has 0 atom stereocenters. The number of fused-ring (bicyclic) bond motifs is 1. The highest BCUT2D eigenvalue weighted by Crippen LogP contribution is 2.31. The predicted molar refractivity (Wildman–Crippen MR) is 78.2 cm³/mol. The molecule has 1 heterocycles. The van der Waals surface area contributed by atoms with E-state index in [2.05, 4.69) is 20.9 Å². The Labute approximate surface area is 131 Å². The van der Waals surface area contributed by atoms with Crippen LogP contribution in [-0.2, 0) is 5.88 Å². The predicted octanol–water partition coefficient (Wildman–Crippen LogP) is 4.94. The zero-order valence-corrected chi connectivity index (χ0v) is 12.7. The van der Waals surface area contributed by atoms with Crippen LogP contribution in [0.4, 0.5) is 13.2 Å². The van der Waals surface area contributed by atoms with E-state index in [0.717, 1.165) is 12.1 Å². The normalized spacial score (nSPS) is 11.3. The van der Waals surface area contributed by atoms with Gasteiger partial charge in [0.25, 0.3) is 0 Å². The summed E-state index contributed by atoms with van der Waals surface area (Å²) in [5, 5.41) is 0. The smallest absolute Gasteiger partial charge is 0.153 e. The minimum atomic E-state index is -0.817. The van der Waals surface area contributed by atoms with Crippen LogP contribution in [0.3, 0.4) is 0 Å². The summed E-state index contributed by atoms with van der Waals surface area (Å²) in [5.74, 6) is -1.99. The molecule has 0 radical (unpaired) electrons. The molecule has 0 bridgehead atoms. The monoisotopic (exact) mass is 374 g/mol. The van der Waals surface area contributed by atoms with E-state index in [1.54, 1.807) is 6.07 Å². The van der Waals surface area contributed by atoms with Gasteiger partial charge >= 0.3 is 0 Å². The summed E-state index contributed by atoms with van der Waals surface area (Å²) in [6.45, 7) is 0. The van der Waals surface area contributed by atoms with Gasteiger partial charge in [-0.05, 0) is 28.1 Å². The summed E-state index contributed by atoms with van der Waals surface area (Å²) in [4.78, 5) is 4.03. The number of hydrogen-bond acceptors (Lipinski definition) is 1. The van der Waals surface area contributed by atoms with E-state index in [1.807, 2.05) is 0 Å². The van der Waals surface area contributed by atoms with Gasteiger partial charge in [0, 0.05) is 16.6 Å². The zero-order valence-electron chi connectivity index (χ0n) is 10.4. The summed E-state index contributed by atoms with van der Waals surface area (Å²) < 4.78 is 43.2. The number of alkyl halides is 1. The quantitative estimate of drug-likeness (QED) is 0.580. The molecule has 3 aromatic rings. The number of aromatic nitrogens is 2. The highest BCUT2D eigenvalue weighted by atomic mass is 79.9. The third kappa shape index (κ3) is 2.32. The number of para-hydroxylation sites is 1. The second-order valence-corrected chi connectivity index (χ2v) is 5.44. The van der Waals surface area contributed by atoms with Gasteiger partial charge in [-0.3, -0.25) is 4.57 Å². The molecule has 0 amide bonds. The molecule has 2 nitrogen and oxygen atoms in total. The highest BCUT2D eigenvalue weighted by molar-refractivity contribution is 9.10. The maximum Gasteiger partial charge on any atom is 0.153 e. The molecule has 0 aliphatic heterocycles. The van der Waals surface area contributed by atoms with Crippen molar-refractivity contribution in [1.82, 2.24) is 9.55 Å². The van der Waals surface area contributed by atoms with Gasteiger partial charge in [-0.15, -0.1) is 11.6 Å². The minimum Gasteiger partial charge on any atom is -0.291 e. The van der Waals surface area contributed by atoms with Crippen molar-refractivity contribution in [3.63, 3.8) is 0 Å². The zero-order chi connectivity index (χ0) is 15.1. The van der Waals surface area contributed by atoms with Crippen molar-refractivity contribution in [2.24, 2.45) is 0 Å². The van der Waals surface area contributed by atoms with Gasteiger partial charge in [0.2, 0.25) is 0 Å². The number of nitrogens with zero attached hydrogens (tertiary/aromatic N) is 2. The lowest BCUT2D eigenvalue weighted by molar-refractivity contribution is 0.590. The fraction of sp³-hybridized carbons (Fsp3) is 0.0714. The fourth-order valence-electron chi connectivity index (χ4n) is 2.19. The first-order valence-corrected chi connectivity index (χ1v) is 7.22. The lowest BCUT2D eigenvalue weighted by Crippen LogP contribution is -2.03. The van der Waals surface area contributed by atoms with Gasteiger partial charge in [-0.1, -0.05) is 6.07 Å². The average Bonchev–Trinajstić information content (AvgIpc) is 2.78. The Hall–Kier alpha value is -1.53. The molecule has 0 saturated carbocycles. The fourth-order valence-corrected chi connectivity index (χ4v) is 2.89. The lowest BCUT2D eigenvalue weighted by Gasteiger charge is -2.11. The molecule has 2 aromatic carbocycles. The maximum atomic E-state index is 14.1. The van der Waals surface area contributed by atoms with Crippen molar-refractivity contribution in [3.05, 3.63) is 58.1 Å². The molecular weight excluding hydrogens is 369 g/mol. The van der Waals surface area contributed by atoms with E-state index in [1.165, 1.54) is 16.7 Å². The van der Waals surface area contributed by atoms with Gasteiger partial charge in [0.15, 0.2) is 5.82 Å². The Morgan fingerprint density at radius 3 is 2.57 bits per heavy atom. The van der Waals surface area contributed by atoms with Gasteiger partial charge in [0.05, 0.1) is 17.1 Å². The average molecular weight is 376 g/mol. The molecule has 0 N–H and O–H groups in total. The Kier molecular flexibility index (Phi) is 3.67. The van der Waals surface area contributed by atoms with Crippen molar-refractivity contribution in [3.8, 4) is 5.69 Å². The molecule has 0 aliphatic carbocycles. The Bertz CT molecular complexity index is 828. The maximum absolute atomic E-state index is 14.1. The first-order valence-electron chi connectivity index (χ1n) is 5.89. The van der Waals surface area contributed by atoms with Gasteiger partial charge < -0.3 is 0 Å². The summed E-state index contributed by atoms with van der Waals surface area (Å²) >= 11 is 9.05. The minimum absolute atomic E-state index is 0.0535. The molecule has 0 unspecified atom stereocenters. The lowest BCUT2D eigenvalue weighted by atomic mass is 10.2. The van der Waals surface area contributed by atoms with Crippen molar-refractivity contribution in [2.75, 3.05) is 0 Å². The van der Waals surface area contributed by atoms with Crippen LogP contribution in [0.5, 0.6) is 0 Å². The molecule has 3 rings (SSSR count). The largest absolute Gasteiger partial charge is 0.291 e. The summed E-state index contributed by atoms with van der Waals surface area (Å²) in [7, 11) is 0. The molecule has 1 aromatic heterocycles. The van der Waals surface area contributed by atoms with Gasteiger partial charge in [0.1, 0.15) is 23.0 Å². The Balaban J connectivity index is 2.46. The topological polar surface area (TPSA) is 17.8 Å². The van der Waals surface area contributed by atoms with Crippen LogP contribution in [0.1, 0.15) is 5.82 Å². The van der Waals surface area contributed by atoms with E-state index in [4.69, 9.17) is 11.6 Å². The van der Waals surface area contributed by atoms with Crippen molar-refractivity contribution in [2.45, 2.75) is 5.88 Å². The summed E-state index contributed by atoms with van der Waals surface area (Å²) in [5.41, 5.74) is 0.178. The molecule has 0 fully saturated rings. The van der Waals surface area contributed by atoms with Crippen LogP contribution in [0.15, 0.2) is 34.8 Å². The van der Waals surface area contributed by atoms with Crippen LogP contribution >= 0.6 is 27.5 Å². The number of benzene rings is 2. The number of hydrogen-bond donors (Lipinski definition) is 0. The first-order chi connectivity index (χ1) is 10.0. The van der Waals surface area contributed by atoms with Crippen molar-refractivity contribution >= 4 is 38.6 Å². The SMILES string of the molecule is Fc1cc(F)c2nc(CCl)n(-c3c(F)cccc3Br)c2c1. The van der Waals surface area contributed by atoms with E-state index < -0.39 is 17.5 Å². The van der Waals surface area contributed by atoms with Crippen LogP contribution in [-0.4, -0.2) is 9.55 Å².